The van der Waals surface area contributed by atoms with Gasteiger partial charge in [-0.3, -0.25) is 4.72 Å². The van der Waals surface area contributed by atoms with Crippen molar-refractivity contribution in [1.29, 1.82) is 0 Å². The molecule has 0 atom stereocenters. The average molecular weight is 390 g/mol. The average Bonchev–Trinajstić information content (AvgIpc) is 2.85. The van der Waals surface area contributed by atoms with Crippen LogP contribution in [-0.2, 0) is 10.0 Å². The van der Waals surface area contributed by atoms with Crippen LogP contribution in [0.2, 0.25) is 0 Å². The zero-order valence-corrected chi connectivity index (χ0v) is 14.4. The van der Waals surface area contributed by atoms with E-state index in [1.54, 1.807) is 30.3 Å². The minimum atomic E-state index is -3.54. The van der Waals surface area contributed by atoms with Crippen molar-refractivity contribution >= 4 is 54.7 Å². The standard InChI is InChI=1S/C13H12BrNO2S3/c1-2-9-18-11-6-4-3-5-10(11)15-20(16,17)13-8-7-12(14)19-13/h2-8,15H,1,9H2. The summed E-state index contributed by atoms with van der Waals surface area (Å²) in [5.41, 5.74) is 0.587. The minimum Gasteiger partial charge on any atom is -0.278 e. The zero-order chi connectivity index (χ0) is 14.6. The van der Waals surface area contributed by atoms with Crippen LogP contribution >= 0.6 is 39.0 Å². The van der Waals surface area contributed by atoms with Gasteiger partial charge in [-0.05, 0) is 40.2 Å². The summed E-state index contributed by atoms with van der Waals surface area (Å²) in [4.78, 5) is 0.881. The minimum absolute atomic E-state index is 0.285. The molecule has 2 rings (SSSR count). The highest BCUT2D eigenvalue weighted by Crippen LogP contribution is 2.31. The Hall–Kier alpha value is -0.760. The van der Waals surface area contributed by atoms with E-state index in [2.05, 4.69) is 27.2 Å². The van der Waals surface area contributed by atoms with Gasteiger partial charge in [-0.15, -0.1) is 29.7 Å². The summed E-state index contributed by atoms with van der Waals surface area (Å²) in [5.74, 6) is 0.725. The number of thioether (sulfide) groups is 1. The van der Waals surface area contributed by atoms with Gasteiger partial charge in [0.05, 0.1) is 9.47 Å². The van der Waals surface area contributed by atoms with Gasteiger partial charge < -0.3 is 0 Å². The maximum atomic E-state index is 12.3. The van der Waals surface area contributed by atoms with Gasteiger partial charge in [-0.25, -0.2) is 8.42 Å². The lowest BCUT2D eigenvalue weighted by Gasteiger charge is -2.10. The first-order chi connectivity index (χ1) is 9.53. The summed E-state index contributed by atoms with van der Waals surface area (Å²) in [6, 6.07) is 10.6. The molecule has 0 unspecified atom stereocenters. The molecule has 106 valence electrons. The van der Waals surface area contributed by atoms with Crippen molar-refractivity contribution in [2.24, 2.45) is 0 Å². The largest absolute Gasteiger partial charge is 0.278 e. The van der Waals surface area contributed by atoms with E-state index in [0.29, 0.717) is 5.69 Å². The van der Waals surface area contributed by atoms with Gasteiger partial charge in [0.25, 0.3) is 10.0 Å². The molecular weight excluding hydrogens is 378 g/mol. The van der Waals surface area contributed by atoms with Crippen molar-refractivity contribution in [1.82, 2.24) is 0 Å². The van der Waals surface area contributed by atoms with Crippen molar-refractivity contribution < 1.29 is 8.42 Å². The van der Waals surface area contributed by atoms with Gasteiger partial charge in [-0.1, -0.05) is 18.2 Å². The summed E-state index contributed by atoms with van der Waals surface area (Å²) < 4.78 is 28.3. The van der Waals surface area contributed by atoms with Crippen LogP contribution in [0.3, 0.4) is 0 Å². The Balaban J connectivity index is 2.27. The third kappa shape index (κ3) is 3.88. The van der Waals surface area contributed by atoms with Gasteiger partial charge in [-0.2, -0.15) is 0 Å². The molecule has 0 aliphatic rings. The Morgan fingerprint density at radius 1 is 1.30 bits per heavy atom. The molecule has 0 radical (unpaired) electrons. The predicted octanol–water partition coefficient (Wildman–Crippen LogP) is 4.59. The summed E-state index contributed by atoms with van der Waals surface area (Å²) >= 11 is 5.99. The molecule has 1 N–H and O–H groups in total. The van der Waals surface area contributed by atoms with Crippen molar-refractivity contribution in [3.8, 4) is 0 Å². The quantitative estimate of drug-likeness (QED) is 0.580. The van der Waals surface area contributed by atoms with E-state index < -0.39 is 10.0 Å². The van der Waals surface area contributed by atoms with Crippen LogP contribution in [0.1, 0.15) is 0 Å². The van der Waals surface area contributed by atoms with Crippen molar-refractivity contribution in [2.75, 3.05) is 10.5 Å². The number of nitrogens with one attached hydrogen (secondary N) is 1. The molecule has 0 spiro atoms. The smallest absolute Gasteiger partial charge is 0.271 e. The molecule has 0 saturated carbocycles. The molecule has 0 aliphatic heterocycles. The Bertz CT molecular complexity index is 710. The molecule has 1 aromatic carbocycles. The summed E-state index contributed by atoms with van der Waals surface area (Å²) in [7, 11) is -3.54. The number of rotatable bonds is 6. The van der Waals surface area contributed by atoms with Gasteiger partial charge in [0, 0.05) is 10.6 Å². The van der Waals surface area contributed by atoms with Crippen molar-refractivity contribution in [3.05, 3.63) is 52.8 Å². The SMILES string of the molecule is C=CCSc1ccccc1NS(=O)(=O)c1ccc(Br)s1. The normalized spacial score (nSPS) is 11.2. The number of para-hydroxylation sites is 1. The fraction of sp³-hybridized carbons (Fsp3) is 0.0769. The lowest BCUT2D eigenvalue weighted by Crippen LogP contribution is -2.12. The second-order valence-electron chi connectivity index (χ2n) is 3.76. The number of halogens is 1. The lowest BCUT2D eigenvalue weighted by molar-refractivity contribution is 0.603. The van der Waals surface area contributed by atoms with Crippen LogP contribution in [0, 0.1) is 0 Å². The molecule has 1 heterocycles. The summed E-state index contributed by atoms with van der Waals surface area (Å²) in [6.45, 7) is 3.67. The van der Waals surface area contributed by atoms with Crippen LogP contribution in [0.15, 0.2) is 61.9 Å². The number of hydrogen-bond acceptors (Lipinski definition) is 4. The molecule has 0 aliphatic carbocycles. The zero-order valence-electron chi connectivity index (χ0n) is 10.4. The Kier molecular flexibility index (Phi) is 5.31. The lowest BCUT2D eigenvalue weighted by atomic mass is 10.3. The highest BCUT2D eigenvalue weighted by molar-refractivity contribution is 9.11. The highest BCUT2D eigenvalue weighted by Gasteiger charge is 2.18. The van der Waals surface area contributed by atoms with Crippen LogP contribution in [0.5, 0.6) is 0 Å². The van der Waals surface area contributed by atoms with Crippen LogP contribution in [0.4, 0.5) is 5.69 Å². The van der Waals surface area contributed by atoms with E-state index in [4.69, 9.17) is 0 Å². The summed E-state index contributed by atoms with van der Waals surface area (Å²) in [6.07, 6.45) is 1.78. The van der Waals surface area contributed by atoms with E-state index in [1.807, 2.05) is 12.1 Å². The molecule has 7 heteroatoms. The van der Waals surface area contributed by atoms with Crippen molar-refractivity contribution in [3.63, 3.8) is 0 Å². The third-order valence-electron chi connectivity index (χ3n) is 2.30. The van der Waals surface area contributed by atoms with Crippen LogP contribution in [-0.4, -0.2) is 14.2 Å². The van der Waals surface area contributed by atoms with Crippen molar-refractivity contribution in [2.45, 2.75) is 9.10 Å². The number of thiophene rings is 1. The molecule has 0 bridgehead atoms. The number of anilines is 1. The Morgan fingerprint density at radius 3 is 2.70 bits per heavy atom. The predicted molar refractivity (Wildman–Crippen MR) is 90.2 cm³/mol. The Morgan fingerprint density at radius 2 is 2.05 bits per heavy atom. The van der Waals surface area contributed by atoms with E-state index in [9.17, 15) is 8.42 Å². The van der Waals surface area contributed by atoms with E-state index in [1.165, 1.54) is 23.1 Å². The van der Waals surface area contributed by atoms with Crippen LogP contribution < -0.4 is 4.72 Å². The molecule has 0 fully saturated rings. The summed E-state index contributed by atoms with van der Waals surface area (Å²) in [5, 5.41) is 0. The second-order valence-corrected chi connectivity index (χ2v) is 9.19. The first kappa shape index (κ1) is 15.6. The first-order valence-electron chi connectivity index (χ1n) is 5.64. The molecular formula is C13H12BrNO2S3. The maximum absolute atomic E-state index is 12.3. The van der Waals surface area contributed by atoms with E-state index >= 15 is 0 Å². The molecule has 1 aromatic heterocycles. The monoisotopic (exact) mass is 389 g/mol. The van der Waals surface area contributed by atoms with E-state index in [0.717, 1.165) is 14.4 Å². The number of hydrogen-bond donors (Lipinski definition) is 1. The molecule has 3 nitrogen and oxygen atoms in total. The third-order valence-corrected chi connectivity index (χ3v) is 6.85. The van der Waals surface area contributed by atoms with Gasteiger partial charge in [0.1, 0.15) is 4.21 Å². The molecule has 20 heavy (non-hydrogen) atoms. The van der Waals surface area contributed by atoms with Gasteiger partial charge >= 0.3 is 0 Å². The molecule has 0 saturated heterocycles. The topological polar surface area (TPSA) is 46.2 Å². The first-order valence-corrected chi connectivity index (χ1v) is 9.71. The molecule has 0 amide bonds. The van der Waals surface area contributed by atoms with E-state index in [-0.39, 0.29) is 4.21 Å². The van der Waals surface area contributed by atoms with Gasteiger partial charge in [0.15, 0.2) is 0 Å². The Labute approximate surface area is 135 Å². The maximum Gasteiger partial charge on any atom is 0.271 e. The number of sulfonamides is 1. The number of benzene rings is 1. The highest BCUT2D eigenvalue weighted by atomic mass is 79.9. The molecule has 2 aromatic rings. The van der Waals surface area contributed by atoms with Gasteiger partial charge in [0.2, 0.25) is 0 Å². The fourth-order valence-corrected chi connectivity index (χ4v) is 5.36. The fourth-order valence-electron chi connectivity index (χ4n) is 1.46. The van der Waals surface area contributed by atoms with Crippen LogP contribution in [0.25, 0.3) is 0 Å². The second kappa shape index (κ2) is 6.80.